The molecule has 2 aromatic rings. The zero-order valence-corrected chi connectivity index (χ0v) is 10.8. The van der Waals surface area contributed by atoms with E-state index >= 15 is 0 Å². The maximum atomic E-state index is 11.9. The van der Waals surface area contributed by atoms with Gasteiger partial charge in [0.05, 0.1) is 10.6 Å². The maximum Gasteiger partial charge on any atom is 0.261 e. The van der Waals surface area contributed by atoms with Gasteiger partial charge in [0.25, 0.3) is 5.91 Å². The summed E-state index contributed by atoms with van der Waals surface area (Å²) >= 11 is 11.6. The lowest BCUT2D eigenvalue weighted by Crippen LogP contribution is -2.15. The molecule has 7 heteroatoms. The summed E-state index contributed by atoms with van der Waals surface area (Å²) in [4.78, 5) is 23.6. The molecule has 2 rings (SSSR count). The van der Waals surface area contributed by atoms with E-state index < -0.39 is 5.91 Å². The second kappa shape index (κ2) is 5.29. The van der Waals surface area contributed by atoms with E-state index in [0.717, 1.165) is 5.69 Å². The molecular formula is C11H8Cl2N4O. The molecule has 0 unspecified atom stereocenters. The molecule has 0 aliphatic rings. The third kappa shape index (κ3) is 2.94. The Hall–Kier alpha value is -1.72. The molecule has 0 saturated carbocycles. The Morgan fingerprint density at radius 1 is 1.33 bits per heavy atom. The number of rotatable bonds is 2. The number of pyridine rings is 1. The lowest BCUT2D eigenvalue weighted by atomic mass is 10.2. The van der Waals surface area contributed by atoms with Gasteiger partial charge in [-0.3, -0.25) is 15.1 Å². The number of carbonyl (C=O) groups is 1. The largest absolute Gasteiger partial charge is 0.290 e. The van der Waals surface area contributed by atoms with Gasteiger partial charge in [0.2, 0.25) is 5.95 Å². The average molecular weight is 283 g/mol. The van der Waals surface area contributed by atoms with Crippen LogP contribution in [0, 0.1) is 6.92 Å². The van der Waals surface area contributed by atoms with Crippen LogP contribution >= 0.6 is 23.2 Å². The van der Waals surface area contributed by atoms with Crippen molar-refractivity contribution in [1.29, 1.82) is 0 Å². The molecule has 1 amide bonds. The van der Waals surface area contributed by atoms with Gasteiger partial charge in [0, 0.05) is 18.1 Å². The molecule has 0 fully saturated rings. The number of carbonyl (C=O) groups excluding carboxylic acids is 1. The highest BCUT2D eigenvalue weighted by Crippen LogP contribution is 2.17. The first kappa shape index (κ1) is 12.7. The zero-order valence-electron chi connectivity index (χ0n) is 9.32. The Balaban J connectivity index is 2.22. The summed E-state index contributed by atoms with van der Waals surface area (Å²) in [5, 5.41) is 3.05. The normalized spacial score (nSPS) is 10.2. The van der Waals surface area contributed by atoms with Gasteiger partial charge in [-0.1, -0.05) is 23.2 Å². The van der Waals surface area contributed by atoms with Crippen LogP contribution in [0.15, 0.2) is 24.5 Å². The van der Waals surface area contributed by atoms with Gasteiger partial charge in [-0.25, -0.2) is 9.97 Å². The van der Waals surface area contributed by atoms with Crippen molar-refractivity contribution in [2.24, 2.45) is 0 Å². The predicted molar refractivity (Wildman–Crippen MR) is 69.0 cm³/mol. The summed E-state index contributed by atoms with van der Waals surface area (Å²) in [6.45, 7) is 1.79. The first-order valence-electron chi connectivity index (χ1n) is 4.98. The number of halogens is 2. The Kier molecular flexibility index (Phi) is 3.74. The first-order chi connectivity index (χ1) is 8.56. The minimum absolute atomic E-state index is 0.115. The minimum Gasteiger partial charge on any atom is -0.290 e. The van der Waals surface area contributed by atoms with Crippen LogP contribution in [0.4, 0.5) is 5.95 Å². The number of anilines is 1. The molecular weight excluding hydrogens is 275 g/mol. The summed E-state index contributed by atoms with van der Waals surface area (Å²) in [5.41, 5.74) is 0.987. The van der Waals surface area contributed by atoms with E-state index in [9.17, 15) is 4.79 Å². The molecule has 18 heavy (non-hydrogen) atoms. The van der Waals surface area contributed by atoms with Gasteiger partial charge in [-0.15, -0.1) is 0 Å². The molecule has 0 spiro atoms. The van der Waals surface area contributed by atoms with Crippen molar-refractivity contribution in [2.75, 3.05) is 5.32 Å². The Bertz CT molecular complexity index is 603. The molecule has 5 nitrogen and oxygen atoms in total. The Labute approximate surface area is 113 Å². The number of aromatic nitrogens is 3. The van der Waals surface area contributed by atoms with Crippen LogP contribution in [-0.4, -0.2) is 20.9 Å². The molecule has 2 aromatic heterocycles. The van der Waals surface area contributed by atoms with Crippen molar-refractivity contribution in [2.45, 2.75) is 6.92 Å². The maximum absolute atomic E-state index is 11.9. The number of nitrogens with zero attached hydrogens (tertiary/aromatic N) is 3. The summed E-state index contributed by atoms with van der Waals surface area (Å²) < 4.78 is 0. The van der Waals surface area contributed by atoms with Gasteiger partial charge < -0.3 is 0 Å². The Morgan fingerprint density at radius 2 is 2.11 bits per heavy atom. The monoisotopic (exact) mass is 282 g/mol. The summed E-state index contributed by atoms with van der Waals surface area (Å²) in [6.07, 6.45) is 2.84. The highest BCUT2D eigenvalue weighted by atomic mass is 35.5. The fraction of sp³-hybridized carbons (Fsp3) is 0.0909. The lowest BCUT2D eigenvalue weighted by molar-refractivity contribution is 0.102. The molecule has 0 aromatic carbocycles. The number of hydrogen-bond donors (Lipinski definition) is 1. The van der Waals surface area contributed by atoms with Crippen molar-refractivity contribution < 1.29 is 4.79 Å². The van der Waals surface area contributed by atoms with E-state index in [-0.39, 0.29) is 16.7 Å². The molecule has 0 saturated heterocycles. The highest BCUT2D eigenvalue weighted by molar-refractivity contribution is 6.34. The second-order valence-corrected chi connectivity index (χ2v) is 4.26. The van der Waals surface area contributed by atoms with Crippen molar-refractivity contribution in [3.05, 3.63) is 46.0 Å². The number of nitrogens with one attached hydrogen (secondary N) is 1. The molecule has 92 valence electrons. The van der Waals surface area contributed by atoms with Gasteiger partial charge in [-0.2, -0.15) is 0 Å². The molecule has 0 atom stereocenters. The lowest BCUT2D eigenvalue weighted by Gasteiger charge is -2.05. The second-order valence-electron chi connectivity index (χ2n) is 3.46. The van der Waals surface area contributed by atoms with E-state index in [2.05, 4.69) is 20.3 Å². The average Bonchev–Trinajstić information content (AvgIpc) is 2.28. The minimum atomic E-state index is -0.435. The van der Waals surface area contributed by atoms with E-state index in [0.29, 0.717) is 5.02 Å². The Morgan fingerprint density at radius 3 is 2.78 bits per heavy atom. The van der Waals surface area contributed by atoms with Crippen molar-refractivity contribution in [3.63, 3.8) is 0 Å². The van der Waals surface area contributed by atoms with Crippen LogP contribution in [0.2, 0.25) is 10.2 Å². The molecule has 0 aliphatic heterocycles. The summed E-state index contributed by atoms with van der Waals surface area (Å²) in [7, 11) is 0. The van der Waals surface area contributed by atoms with Crippen LogP contribution < -0.4 is 5.32 Å². The number of hydrogen-bond acceptors (Lipinski definition) is 4. The van der Waals surface area contributed by atoms with Crippen LogP contribution in [0.25, 0.3) is 0 Å². The van der Waals surface area contributed by atoms with Gasteiger partial charge in [-0.05, 0) is 19.1 Å². The van der Waals surface area contributed by atoms with E-state index in [1.54, 1.807) is 13.0 Å². The smallest absolute Gasteiger partial charge is 0.261 e. The number of amides is 1. The van der Waals surface area contributed by atoms with Gasteiger partial charge in [0.1, 0.15) is 5.15 Å². The summed E-state index contributed by atoms with van der Waals surface area (Å²) in [6, 6.07) is 3.12. The molecule has 0 radical (unpaired) electrons. The quantitative estimate of drug-likeness (QED) is 0.860. The topological polar surface area (TPSA) is 67.8 Å². The van der Waals surface area contributed by atoms with Gasteiger partial charge >= 0.3 is 0 Å². The molecule has 0 bridgehead atoms. The van der Waals surface area contributed by atoms with E-state index in [4.69, 9.17) is 23.2 Å². The molecule has 2 heterocycles. The van der Waals surface area contributed by atoms with Crippen molar-refractivity contribution in [1.82, 2.24) is 15.0 Å². The van der Waals surface area contributed by atoms with E-state index in [1.807, 2.05) is 0 Å². The third-order valence-corrected chi connectivity index (χ3v) is 2.60. The van der Waals surface area contributed by atoms with Crippen LogP contribution in [-0.2, 0) is 0 Å². The molecule has 1 N–H and O–H groups in total. The third-order valence-electron chi connectivity index (χ3n) is 2.08. The van der Waals surface area contributed by atoms with Crippen LogP contribution in [0.1, 0.15) is 16.1 Å². The number of aryl methyl sites for hydroxylation is 1. The fourth-order valence-corrected chi connectivity index (χ4v) is 1.69. The van der Waals surface area contributed by atoms with Crippen molar-refractivity contribution in [3.8, 4) is 0 Å². The van der Waals surface area contributed by atoms with Gasteiger partial charge in [0.15, 0.2) is 0 Å². The SMILES string of the molecule is Cc1cc(Cl)c(C(=O)Nc2nccc(Cl)n2)cn1. The van der Waals surface area contributed by atoms with Crippen LogP contribution in [0.3, 0.4) is 0 Å². The van der Waals surface area contributed by atoms with Crippen molar-refractivity contribution >= 4 is 35.1 Å². The fourth-order valence-electron chi connectivity index (χ4n) is 1.26. The van der Waals surface area contributed by atoms with Crippen LogP contribution in [0.5, 0.6) is 0 Å². The van der Waals surface area contributed by atoms with E-state index in [1.165, 1.54) is 18.5 Å². The first-order valence-corrected chi connectivity index (χ1v) is 5.74. The predicted octanol–water partition coefficient (Wildman–Crippen LogP) is 2.74. The summed E-state index contributed by atoms with van der Waals surface area (Å²) in [5.74, 6) is -0.320. The highest BCUT2D eigenvalue weighted by Gasteiger charge is 2.12. The zero-order chi connectivity index (χ0) is 13.1. The molecule has 0 aliphatic carbocycles. The standard InChI is InChI=1S/C11H8Cl2N4O/c1-6-4-8(12)7(5-15-6)10(18)17-11-14-3-2-9(13)16-11/h2-5H,1H3,(H,14,16,17,18).